The summed E-state index contributed by atoms with van der Waals surface area (Å²) < 4.78 is 0. The highest BCUT2D eigenvalue weighted by Crippen LogP contribution is 2.29. The number of carbonyl (C=O) groups excluding carboxylic acids is 3. The van der Waals surface area contributed by atoms with E-state index in [1.165, 1.54) is 4.90 Å². The Bertz CT molecular complexity index is 361. The predicted octanol–water partition coefficient (Wildman–Crippen LogP) is 0.309. The number of nitrogens with one attached hydrogen (secondary N) is 2. The lowest BCUT2D eigenvalue weighted by Gasteiger charge is -2.22. The van der Waals surface area contributed by atoms with Crippen molar-refractivity contribution in [2.45, 2.75) is 19.8 Å². The zero-order valence-corrected chi connectivity index (χ0v) is 11.3. The Hall–Kier alpha value is -1.30. The molecule has 1 atom stereocenters. The van der Waals surface area contributed by atoms with Gasteiger partial charge in [0.2, 0.25) is 11.8 Å². The van der Waals surface area contributed by atoms with Gasteiger partial charge in [0.1, 0.15) is 0 Å². The molecule has 1 heterocycles. The highest BCUT2D eigenvalue weighted by Gasteiger charge is 2.41. The standard InChI is InChI=1S/C11H18ClN3O3/c1-11(9(17)13-2)4-6-15(7-11)10(18)14-8(16)3-5-12/h3-7H2,1-2H3,(H,13,17)(H,14,16,18). The lowest BCUT2D eigenvalue weighted by molar-refractivity contribution is -0.128. The highest BCUT2D eigenvalue weighted by molar-refractivity contribution is 6.19. The molecule has 102 valence electrons. The van der Waals surface area contributed by atoms with E-state index >= 15 is 0 Å². The van der Waals surface area contributed by atoms with Gasteiger partial charge < -0.3 is 10.2 Å². The van der Waals surface area contributed by atoms with E-state index in [0.717, 1.165) is 0 Å². The summed E-state index contributed by atoms with van der Waals surface area (Å²) in [6, 6.07) is -0.460. The first kappa shape index (κ1) is 14.8. The van der Waals surface area contributed by atoms with Crippen molar-refractivity contribution < 1.29 is 14.4 Å². The Morgan fingerprint density at radius 3 is 2.61 bits per heavy atom. The quantitative estimate of drug-likeness (QED) is 0.728. The maximum Gasteiger partial charge on any atom is 0.324 e. The number of nitrogens with zero attached hydrogens (tertiary/aromatic N) is 1. The third-order valence-electron chi connectivity index (χ3n) is 3.10. The van der Waals surface area contributed by atoms with Crippen LogP contribution in [0.4, 0.5) is 4.79 Å². The fourth-order valence-electron chi connectivity index (χ4n) is 1.97. The first-order chi connectivity index (χ1) is 8.42. The molecule has 7 heteroatoms. The summed E-state index contributed by atoms with van der Waals surface area (Å²) in [5.74, 6) is -0.317. The molecule has 0 aromatic heterocycles. The molecular formula is C11H18ClN3O3. The van der Waals surface area contributed by atoms with Crippen LogP contribution in [0, 0.1) is 5.41 Å². The van der Waals surface area contributed by atoms with E-state index in [1.807, 2.05) is 0 Å². The molecule has 1 aliphatic heterocycles. The molecule has 4 amide bonds. The van der Waals surface area contributed by atoms with E-state index in [1.54, 1.807) is 14.0 Å². The lowest BCUT2D eigenvalue weighted by Crippen LogP contribution is -2.45. The van der Waals surface area contributed by atoms with Gasteiger partial charge >= 0.3 is 6.03 Å². The van der Waals surface area contributed by atoms with Gasteiger partial charge in [-0.15, -0.1) is 11.6 Å². The first-order valence-corrected chi connectivity index (χ1v) is 6.33. The maximum absolute atomic E-state index is 11.7. The van der Waals surface area contributed by atoms with Crippen LogP contribution < -0.4 is 10.6 Å². The molecule has 0 radical (unpaired) electrons. The molecule has 1 unspecified atom stereocenters. The van der Waals surface area contributed by atoms with Crippen molar-refractivity contribution in [3.8, 4) is 0 Å². The van der Waals surface area contributed by atoms with E-state index in [2.05, 4.69) is 10.6 Å². The maximum atomic E-state index is 11.7. The van der Waals surface area contributed by atoms with Gasteiger partial charge in [0.05, 0.1) is 5.41 Å². The zero-order chi connectivity index (χ0) is 13.8. The topological polar surface area (TPSA) is 78.5 Å². The molecule has 0 saturated carbocycles. The van der Waals surface area contributed by atoms with Crippen LogP contribution in [0.2, 0.25) is 0 Å². The van der Waals surface area contributed by atoms with Crippen molar-refractivity contribution in [2.75, 3.05) is 26.0 Å². The fraction of sp³-hybridized carbons (Fsp3) is 0.727. The average molecular weight is 276 g/mol. The normalized spacial score (nSPS) is 22.7. The molecule has 18 heavy (non-hydrogen) atoms. The van der Waals surface area contributed by atoms with Crippen LogP contribution in [-0.4, -0.2) is 48.8 Å². The smallest absolute Gasteiger partial charge is 0.324 e. The Balaban J connectivity index is 2.53. The third-order valence-corrected chi connectivity index (χ3v) is 3.29. The van der Waals surface area contributed by atoms with Crippen LogP contribution >= 0.6 is 11.6 Å². The Morgan fingerprint density at radius 2 is 2.06 bits per heavy atom. The molecule has 1 rings (SSSR count). The zero-order valence-electron chi connectivity index (χ0n) is 10.6. The van der Waals surface area contributed by atoms with Crippen LogP contribution in [-0.2, 0) is 9.59 Å². The van der Waals surface area contributed by atoms with Crippen LogP contribution in [0.25, 0.3) is 0 Å². The van der Waals surface area contributed by atoms with Crippen LogP contribution in [0.3, 0.4) is 0 Å². The third kappa shape index (κ3) is 3.35. The number of rotatable bonds is 3. The SMILES string of the molecule is CNC(=O)C1(C)CCN(C(=O)NC(=O)CCCl)C1. The number of amides is 4. The monoisotopic (exact) mass is 275 g/mol. The van der Waals surface area contributed by atoms with Crippen molar-refractivity contribution in [1.29, 1.82) is 0 Å². The number of imide groups is 1. The summed E-state index contributed by atoms with van der Waals surface area (Å²) in [5, 5.41) is 4.84. The number of urea groups is 1. The summed E-state index contributed by atoms with van der Waals surface area (Å²) in [5.41, 5.74) is -0.582. The molecule has 0 aromatic rings. The largest absolute Gasteiger partial charge is 0.359 e. The predicted molar refractivity (Wildman–Crippen MR) is 67.2 cm³/mol. The molecule has 1 aliphatic rings. The van der Waals surface area contributed by atoms with Gasteiger partial charge in [-0.05, 0) is 13.3 Å². The molecular weight excluding hydrogens is 258 g/mol. The number of likely N-dealkylation sites (tertiary alicyclic amines) is 1. The van der Waals surface area contributed by atoms with Crippen molar-refractivity contribution in [3.05, 3.63) is 0 Å². The first-order valence-electron chi connectivity index (χ1n) is 5.80. The summed E-state index contributed by atoms with van der Waals surface area (Å²) in [4.78, 5) is 36.1. The Labute approximate surface area is 111 Å². The molecule has 1 fully saturated rings. The average Bonchev–Trinajstić information content (AvgIpc) is 2.72. The van der Waals surface area contributed by atoms with Crippen LogP contribution in [0.1, 0.15) is 19.8 Å². The number of hydrogen-bond acceptors (Lipinski definition) is 3. The second-order valence-electron chi connectivity index (χ2n) is 4.60. The molecule has 1 saturated heterocycles. The van der Waals surface area contributed by atoms with E-state index < -0.39 is 17.4 Å². The minimum Gasteiger partial charge on any atom is -0.359 e. The molecule has 0 aromatic carbocycles. The number of alkyl halides is 1. The van der Waals surface area contributed by atoms with Crippen molar-refractivity contribution in [3.63, 3.8) is 0 Å². The fourth-order valence-corrected chi connectivity index (χ4v) is 2.14. The van der Waals surface area contributed by atoms with Gasteiger partial charge in [-0.25, -0.2) is 4.79 Å². The summed E-state index contributed by atoms with van der Waals surface area (Å²) in [6.45, 7) is 2.58. The Kier molecular flexibility index (Phi) is 4.95. The minimum atomic E-state index is -0.582. The van der Waals surface area contributed by atoms with Crippen molar-refractivity contribution >= 4 is 29.4 Å². The lowest BCUT2D eigenvalue weighted by atomic mass is 9.89. The van der Waals surface area contributed by atoms with E-state index in [0.29, 0.717) is 19.5 Å². The van der Waals surface area contributed by atoms with E-state index in [9.17, 15) is 14.4 Å². The molecule has 0 bridgehead atoms. The number of carbonyl (C=O) groups is 3. The molecule has 0 aliphatic carbocycles. The van der Waals surface area contributed by atoms with Crippen molar-refractivity contribution in [2.24, 2.45) is 5.41 Å². The van der Waals surface area contributed by atoms with Gasteiger partial charge in [0.15, 0.2) is 0 Å². The highest BCUT2D eigenvalue weighted by atomic mass is 35.5. The number of halogens is 1. The van der Waals surface area contributed by atoms with E-state index in [4.69, 9.17) is 11.6 Å². The summed E-state index contributed by atoms with van der Waals surface area (Å²) in [7, 11) is 1.57. The molecule has 6 nitrogen and oxygen atoms in total. The summed E-state index contributed by atoms with van der Waals surface area (Å²) >= 11 is 5.41. The Morgan fingerprint density at radius 1 is 1.39 bits per heavy atom. The molecule has 0 spiro atoms. The van der Waals surface area contributed by atoms with Crippen LogP contribution in [0.5, 0.6) is 0 Å². The van der Waals surface area contributed by atoms with Gasteiger partial charge in [0.25, 0.3) is 0 Å². The number of hydrogen-bond donors (Lipinski definition) is 2. The second-order valence-corrected chi connectivity index (χ2v) is 4.98. The van der Waals surface area contributed by atoms with Gasteiger partial charge in [-0.1, -0.05) is 0 Å². The summed E-state index contributed by atoms with van der Waals surface area (Å²) in [6.07, 6.45) is 0.692. The van der Waals surface area contributed by atoms with Gasteiger partial charge in [-0.3, -0.25) is 14.9 Å². The second kappa shape index (κ2) is 6.04. The van der Waals surface area contributed by atoms with Gasteiger partial charge in [-0.2, -0.15) is 0 Å². The van der Waals surface area contributed by atoms with Gasteiger partial charge in [0, 0.05) is 32.4 Å². The minimum absolute atomic E-state index is 0.0927. The molecule has 2 N–H and O–H groups in total. The van der Waals surface area contributed by atoms with E-state index in [-0.39, 0.29) is 18.2 Å². The van der Waals surface area contributed by atoms with Crippen molar-refractivity contribution in [1.82, 2.24) is 15.5 Å². The van der Waals surface area contributed by atoms with Crippen LogP contribution in [0.15, 0.2) is 0 Å².